The van der Waals surface area contributed by atoms with Crippen molar-refractivity contribution in [3.63, 3.8) is 0 Å². The van der Waals surface area contributed by atoms with Crippen molar-refractivity contribution in [2.45, 2.75) is 30.7 Å². The summed E-state index contributed by atoms with van der Waals surface area (Å²) in [7, 11) is -8.80. The van der Waals surface area contributed by atoms with Crippen LogP contribution in [-0.2, 0) is 38.6 Å². The SMILES string of the molecule is CO[C@H]1O[C@H](COS(=O)(=O)O)[C@@H](O)[C@H](OS(=O)(=O)O)[C@H]1O. The molecule has 1 aliphatic rings. The maximum absolute atomic E-state index is 10.7. The van der Waals surface area contributed by atoms with Gasteiger partial charge in [-0.25, -0.2) is 8.37 Å². The van der Waals surface area contributed by atoms with Crippen molar-refractivity contribution >= 4 is 20.8 Å². The van der Waals surface area contributed by atoms with Crippen molar-refractivity contribution in [1.29, 1.82) is 0 Å². The van der Waals surface area contributed by atoms with Crippen LogP contribution in [0.25, 0.3) is 0 Å². The van der Waals surface area contributed by atoms with E-state index < -0.39 is 58.1 Å². The fraction of sp³-hybridized carbons (Fsp3) is 1.00. The second kappa shape index (κ2) is 6.78. The monoisotopic (exact) mass is 354 g/mol. The van der Waals surface area contributed by atoms with Crippen LogP contribution in [0.2, 0.25) is 0 Å². The maximum Gasteiger partial charge on any atom is 0.397 e. The lowest BCUT2D eigenvalue weighted by molar-refractivity contribution is -0.289. The summed E-state index contributed by atoms with van der Waals surface area (Å²) < 4.78 is 76.9. The van der Waals surface area contributed by atoms with Crippen molar-refractivity contribution in [3.05, 3.63) is 0 Å². The number of aliphatic hydroxyl groups excluding tert-OH is 2. The molecule has 1 saturated heterocycles. The molecule has 0 unspecified atom stereocenters. The zero-order valence-corrected chi connectivity index (χ0v) is 12.1. The number of aliphatic hydroxyl groups is 2. The van der Waals surface area contributed by atoms with E-state index in [-0.39, 0.29) is 0 Å². The summed E-state index contributed by atoms with van der Waals surface area (Å²) in [5.74, 6) is 0. The summed E-state index contributed by atoms with van der Waals surface area (Å²) in [5, 5.41) is 19.5. The molecule has 0 amide bonds. The Hall–Kier alpha value is -0.420. The first-order valence-electron chi connectivity index (χ1n) is 5.26. The van der Waals surface area contributed by atoms with Crippen LogP contribution < -0.4 is 0 Å². The van der Waals surface area contributed by atoms with Crippen molar-refractivity contribution in [2.75, 3.05) is 13.7 Å². The van der Waals surface area contributed by atoms with Gasteiger partial charge in [-0.2, -0.15) is 16.8 Å². The molecule has 12 nitrogen and oxygen atoms in total. The van der Waals surface area contributed by atoms with Crippen molar-refractivity contribution in [2.24, 2.45) is 0 Å². The molecule has 1 aliphatic heterocycles. The quantitative estimate of drug-likeness (QED) is 0.357. The predicted octanol–water partition coefficient (Wildman–Crippen LogP) is -2.91. The van der Waals surface area contributed by atoms with Crippen LogP contribution in [0.5, 0.6) is 0 Å². The topological polar surface area (TPSA) is 186 Å². The minimum Gasteiger partial charge on any atom is -0.387 e. The number of methoxy groups -OCH3 is 1. The summed E-state index contributed by atoms with van der Waals surface area (Å²) in [5.41, 5.74) is 0. The Morgan fingerprint density at radius 1 is 1.05 bits per heavy atom. The molecule has 1 rings (SSSR count). The van der Waals surface area contributed by atoms with Gasteiger partial charge in [-0.15, -0.1) is 0 Å². The van der Waals surface area contributed by atoms with Crippen LogP contribution in [0, 0.1) is 0 Å². The Morgan fingerprint density at radius 2 is 1.62 bits per heavy atom. The highest BCUT2D eigenvalue weighted by atomic mass is 32.3. The van der Waals surface area contributed by atoms with Crippen LogP contribution in [0.15, 0.2) is 0 Å². The van der Waals surface area contributed by atoms with Gasteiger partial charge in [0.05, 0.1) is 6.61 Å². The summed E-state index contributed by atoms with van der Waals surface area (Å²) in [4.78, 5) is 0. The Balaban J connectivity index is 2.91. The molecule has 1 fully saturated rings. The van der Waals surface area contributed by atoms with E-state index in [9.17, 15) is 27.0 Å². The second-order valence-electron chi connectivity index (χ2n) is 3.96. The molecule has 0 spiro atoms. The maximum atomic E-state index is 10.7. The number of rotatable bonds is 6. The highest BCUT2D eigenvalue weighted by molar-refractivity contribution is 7.81. The van der Waals surface area contributed by atoms with Gasteiger partial charge in [-0.05, 0) is 0 Å². The molecule has 0 bridgehead atoms. The minimum absolute atomic E-state index is 0.919. The largest absolute Gasteiger partial charge is 0.397 e. The zero-order chi connectivity index (χ0) is 16.4. The number of ether oxygens (including phenoxy) is 2. The lowest BCUT2D eigenvalue weighted by Crippen LogP contribution is -2.60. The summed E-state index contributed by atoms with van der Waals surface area (Å²) in [6.07, 6.45) is -8.67. The average molecular weight is 354 g/mol. The first kappa shape index (κ1) is 18.6. The lowest BCUT2D eigenvalue weighted by Gasteiger charge is -2.40. The van der Waals surface area contributed by atoms with Crippen LogP contribution in [0.1, 0.15) is 0 Å². The first-order chi connectivity index (χ1) is 9.44. The van der Waals surface area contributed by atoms with Gasteiger partial charge >= 0.3 is 20.8 Å². The third-order valence-corrected chi connectivity index (χ3v) is 3.39. The summed E-state index contributed by atoms with van der Waals surface area (Å²) in [6, 6.07) is 0. The fourth-order valence-electron chi connectivity index (χ4n) is 1.64. The van der Waals surface area contributed by atoms with E-state index in [0.29, 0.717) is 0 Å². The lowest BCUT2D eigenvalue weighted by atomic mass is 9.99. The first-order valence-corrected chi connectivity index (χ1v) is 7.99. The van der Waals surface area contributed by atoms with E-state index in [2.05, 4.69) is 13.1 Å². The van der Waals surface area contributed by atoms with Gasteiger partial charge in [0.2, 0.25) is 0 Å². The van der Waals surface area contributed by atoms with Crippen LogP contribution in [-0.4, -0.2) is 80.6 Å². The molecule has 0 aromatic carbocycles. The molecule has 21 heavy (non-hydrogen) atoms. The highest BCUT2D eigenvalue weighted by Gasteiger charge is 2.48. The molecule has 14 heteroatoms. The second-order valence-corrected chi connectivity index (χ2v) is 6.10. The Kier molecular flexibility index (Phi) is 6.01. The summed E-state index contributed by atoms with van der Waals surface area (Å²) >= 11 is 0. The van der Waals surface area contributed by atoms with Crippen molar-refractivity contribution < 1.29 is 54.0 Å². The molecule has 0 saturated carbocycles. The van der Waals surface area contributed by atoms with Gasteiger partial charge in [0.1, 0.15) is 24.4 Å². The van der Waals surface area contributed by atoms with E-state index in [4.69, 9.17) is 13.8 Å². The van der Waals surface area contributed by atoms with Gasteiger partial charge < -0.3 is 19.7 Å². The minimum atomic E-state index is -5.03. The van der Waals surface area contributed by atoms with Crippen molar-refractivity contribution in [3.8, 4) is 0 Å². The fourth-order valence-corrected chi connectivity index (χ4v) is 2.46. The molecular weight excluding hydrogens is 340 g/mol. The molecule has 1 heterocycles. The molecule has 126 valence electrons. The molecule has 4 N–H and O–H groups in total. The number of hydrogen-bond donors (Lipinski definition) is 4. The number of hydrogen-bond acceptors (Lipinski definition) is 10. The standard InChI is InChI=1S/C7H14O12S2/c1-16-7-5(9)6(19-21(13,14)15)4(8)3(18-7)2-17-20(10,11)12/h3-9H,2H2,1H3,(H,10,11,12)(H,13,14,15)/t3-,4-,5-,6+,7+/m1/s1. The zero-order valence-electron chi connectivity index (χ0n) is 10.5. The molecule has 0 radical (unpaired) electrons. The predicted molar refractivity (Wildman–Crippen MR) is 61.6 cm³/mol. The highest BCUT2D eigenvalue weighted by Crippen LogP contribution is 2.25. The average Bonchev–Trinajstić information content (AvgIpc) is 2.31. The van der Waals surface area contributed by atoms with Gasteiger partial charge in [0.15, 0.2) is 6.29 Å². The van der Waals surface area contributed by atoms with Gasteiger partial charge in [-0.3, -0.25) is 9.11 Å². The summed E-state index contributed by atoms with van der Waals surface area (Å²) in [6.45, 7) is -0.919. The normalized spacial score (nSPS) is 34.8. The third kappa shape index (κ3) is 5.70. The van der Waals surface area contributed by atoms with E-state index in [0.717, 1.165) is 7.11 Å². The van der Waals surface area contributed by atoms with Crippen LogP contribution >= 0.6 is 0 Å². The van der Waals surface area contributed by atoms with E-state index in [1.54, 1.807) is 0 Å². The molecule has 0 aromatic rings. The smallest absolute Gasteiger partial charge is 0.387 e. The Labute approximate surface area is 120 Å². The third-order valence-electron chi connectivity index (χ3n) is 2.49. The molecule has 0 aromatic heterocycles. The Morgan fingerprint density at radius 3 is 2.05 bits per heavy atom. The van der Waals surface area contributed by atoms with E-state index in [1.165, 1.54) is 0 Å². The van der Waals surface area contributed by atoms with Gasteiger partial charge in [0, 0.05) is 7.11 Å². The molecule has 5 atom stereocenters. The van der Waals surface area contributed by atoms with Crippen LogP contribution in [0.3, 0.4) is 0 Å². The molecule has 0 aliphatic carbocycles. The van der Waals surface area contributed by atoms with E-state index >= 15 is 0 Å². The van der Waals surface area contributed by atoms with E-state index in [1.807, 2.05) is 0 Å². The Bertz CT molecular complexity index is 540. The van der Waals surface area contributed by atoms with Gasteiger partial charge in [-0.1, -0.05) is 0 Å². The van der Waals surface area contributed by atoms with Crippen LogP contribution in [0.4, 0.5) is 0 Å². The van der Waals surface area contributed by atoms with Gasteiger partial charge in [0.25, 0.3) is 0 Å². The molecular formula is C7H14O12S2. The van der Waals surface area contributed by atoms with Crippen molar-refractivity contribution in [1.82, 2.24) is 0 Å².